The highest BCUT2D eigenvalue weighted by atomic mass is 35.5. The van der Waals surface area contributed by atoms with Gasteiger partial charge in [-0.15, -0.1) is 0 Å². The molecule has 8 N–H and O–H groups in total. The Hall–Kier alpha value is -3.04. The first-order chi connectivity index (χ1) is 30.3. The molecule has 9 atom stereocenters. The molecule has 2 aliphatic heterocycles. The van der Waals surface area contributed by atoms with Crippen molar-refractivity contribution in [3.63, 3.8) is 0 Å². The van der Waals surface area contributed by atoms with E-state index in [0.717, 1.165) is 59.3 Å². The van der Waals surface area contributed by atoms with Gasteiger partial charge in [0.05, 0.1) is 37.6 Å². The number of pyridine rings is 1. The van der Waals surface area contributed by atoms with E-state index in [0.29, 0.717) is 61.9 Å². The fraction of sp³-hybridized carbons (Fsp3) is 0.600. The van der Waals surface area contributed by atoms with Crippen LogP contribution in [0.2, 0.25) is 10.0 Å². The monoisotopic (exact) mass is 919 g/mol. The summed E-state index contributed by atoms with van der Waals surface area (Å²) in [6.45, 7) is 0.188. The molecular weight excluding hydrogens is 861 g/mol. The molecule has 0 unspecified atom stereocenters. The van der Waals surface area contributed by atoms with Gasteiger partial charge in [-0.3, -0.25) is 14.7 Å². The highest BCUT2D eigenvalue weighted by Gasteiger charge is 2.49. The molecular formula is C45H59Cl2N3O13. The molecule has 7 rings (SSSR count). The number of ether oxygens (including phenoxy) is 4. The molecule has 3 aromatic rings. The van der Waals surface area contributed by atoms with Crippen molar-refractivity contribution in [2.45, 2.75) is 125 Å². The number of β-amino-alcohol motifs (C(OH)–C–C–N with tert-alkyl or cyclic N) is 1. The van der Waals surface area contributed by atoms with Crippen LogP contribution in [0, 0.1) is 0 Å². The molecule has 0 bridgehead atoms. The first kappa shape index (κ1) is 47.9. The molecule has 16 nitrogen and oxygen atoms in total. The molecule has 3 heterocycles. The van der Waals surface area contributed by atoms with Crippen molar-refractivity contribution < 1.29 is 64.6 Å². The molecule has 1 amide bonds. The fourth-order valence-electron chi connectivity index (χ4n) is 8.26. The van der Waals surface area contributed by atoms with E-state index in [1.807, 2.05) is 47.5 Å². The Morgan fingerprint density at radius 1 is 0.889 bits per heavy atom. The quantitative estimate of drug-likeness (QED) is 0.0714. The van der Waals surface area contributed by atoms with Gasteiger partial charge < -0.3 is 64.7 Å². The summed E-state index contributed by atoms with van der Waals surface area (Å²) < 4.78 is 23.7. The van der Waals surface area contributed by atoms with Crippen molar-refractivity contribution in [2.75, 3.05) is 45.9 Å². The second-order valence-electron chi connectivity index (χ2n) is 17.0. The molecule has 2 aromatic carbocycles. The van der Waals surface area contributed by atoms with Gasteiger partial charge in [-0.25, -0.2) is 0 Å². The van der Waals surface area contributed by atoms with Gasteiger partial charge in [-0.1, -0.05) is 41.4 Å². The lowest BCUT2D eigenvalue weighted by Crippen LogP contribution is -2.62. The number of carbonyl (C=O) groups is 1. The Balaban J connectivity index is 0.844. The summed E-state index contributed by atoms with van der Waals surface area (Å²) in [6, 6.07) is 13.9. The van der Waals surface area contributed by atoms with E-state index >= 15 is 0 Å². The maximum absolute atomic E-state index is 13.1. The molecule has 1 aromatic heterocycles. The summed E-state index contributed by atoms with van der Waals surface area (Å²) >= 11 is 13.6. The molecule has 2 saturated carbocycles. The maximum atomic E-state index is 13.1. The number of amides is 1. The van der Waals surface area contributed by atoms with E-state index in [2.05, 4.69) is 11.1 Å². The van der Waals surface area contributed by atoms with Crippen LogP contribution in [0.1, 0.15) is 61.6 Å². The number of aromatic nitrogens is 1. The fourth-order valence-corrected chi connectivity index (χ4v) is 8.78. The van der Waals surface area contributed by atoms with Crippen LogP contribution in [-0.2, 0) is 37.6 Å². The minimum atomic E-state index is -1.82. The van der Waals surface area contributed by atoms with Crippen molar-refractivity contribution in [3.8, 4) is 16.9 Å². The van der Waals surface area contributed by atoms with Crippen LogP contribution in [0.3, 0.4) is 0 Å². The van der Waals surface area contributed by atoms with E-state index in [-0.39, 0.29) is 25.2 Å². The second-order valence-corrected chi connectivity index (χ2v) is 17.9. The van der Waals surface area contributed by atoms with E-state index in [1.165, 1.54) is 0 Å². The van der Waals surface area contributed by atoms with Gasteiger partial charge >= 0.3 is 0 Å². The van der Waals surface area contributed by atoms with Crippen molar-refractivity contribution >= 4 is 29.1 Å². The van der Waals surface area contributed by atoms with Gasteiger partial charge in [-0.2, -0.15) is 0 Å². The number of nitrogens with zero attached hydrogens (tertiary/aromatic N) is 3. The predicted molar refractivity (Wildman–Crippen MR) is 230 cm³/mol. The van der Waals surface area contributed by atoms with Crippen molar-refractivity contribution in [1.82, 2.24) is 14.8 Å². The lowest BCUT2D eigenvalue weighted by Gasteiger charge is -2.42. The zero-order valence-corrected chi connectivity index (χ0v) is 36.5. The van der Waals surface area contributed by atoms with E-state index in [9.17, 15) is 45.6 Å². The summed E-state index contributed by atoms with van der Waals surface area (Å²) in [6.07, 6.45) is -4.81. The van der Waals surface area contributed by atoms with Gasteiger partial charge in [0.15, 0.2) is 6.29 Å². The van der Waals surface area contributed by atoms with Gasteiger partial charge in [0.2, 0.25) is 5.91 Å². The minimum Gasteiger partial charge on any atom is -0.490 e. The van der Waals surface area contributed by atoms with E-state index in [1.54, 1.807) is 11.1 Å². The van der Waals surface area contributed by atoms with Crippen LogP contribution >= 0.6 is 23.2 Å². The molecule has 2 saturated heterocycles. The van der Waals surface area contributed by atoms with Crippen molar-refractivity contribution in [2.24, 2.45) is 0 Å². The first-order valence-electron chi connectivity index (χ1n) is 21.7. The molecule has 0 radical (unpaired) electrons. The third-order valence-electron chi connectivity index (χ3n) is 12.4. The lowest BCUT2D eigenvalue weighted by atomic mass is 9.96. The largest absolute Gasteiger partial charge is 0.490 e. The van der Waals surface area contributed by atoms with Gasteiger partial charge in [0, 0.05) is 72.7 Å². The Kier molecular flexibility index (Phi) is 16.4. The summed E-state index contributed by atoms with van der Waals surface area (Å²) in [5.74, 6) is 0.863. The lowest BCUT2D eigenvalue weighted by molar-refractivity contribution is -0.327. The van der Waals surface area contributed by atoms with Crippen molar-refractivity contribution in [3.05, 3.63) is 81.6 Å². The minimum absolute atomic E-state index is 0.00405. The van der Waals surface area contributed by atoms with E-state index in [4.69, 9.17) is 42.1 Å². The normalized spacial score (nSPS) is 25.6. The number of hydrogen-bond acceptors (Lipinski definition) is 15. The first-order valence-corrected chi connectivity index (χ1v) is 22.5. The smallest absolute Gasteiger partial charge is 0.222 e. The summed E-state index contributed by atoms with van der Waals surface area (Å²) in [4.78, 5) is 21.2. The number of unbranched alkanes of at least 4 members (excludes halogenated alkanes) is 1. The molecule has 18 heteroatoms. The number of para-hydroxylation sites is 1. The third-order valence-corrected chi connectivity index (χ3v) is 13.1. The van der Waals surface area contributed by atoms with Crippen LogP contribution < -0.4 is 4.74 Å². The number of hydrogen-bond donors (Lipinski definition) is 8. The number of aryl methyl sites for hydroxylation is 1. The Morgan fingerprint density at radius 3 is 2.30 bits per heavy atom. The number of rotatable bonds is 21. The zero-order chi connectivity index (χ0) is 44.8. The summed E-state index contributed by atoms with van der Waals surface area (Å²) in [5, 5.41) is 83.0. The number of halogens is 2. The third kappa shape index (κ3) is 11.7. The molecule has 2 aliphatic carbocycles. The number of aliphatic hydroxyl groups excluding tert-OH is 8. The summed E-state index contributed by atoms with van der Waals surface area (Å²) in [7, 11) is 0. The standard InChI is InChI=1S/C45H59Cl2N3O13/c46-32-20-27(25-60-45(12-13-45)31-21-48-14-11-29(31)30-6-2-3-7-36(30)61-28-9-10-28)33(47)19-26(32)5-1-4-8-38(55)50-17-15-49(16-18-50)22-34(53)39(56)43(35(54)23-51)63-44-42(59)41(58)40(57)37(24-52)62-44/h2-3,6-7,11,14,19-21,28,34-35,37,39-44,51-54,56-59H,1,4-5,8-10,12-13,15-18,22-25H2/t34-,35+,37+,39+,40-,41-,42+,43+,44-/m0/s1. The van der Waals surface area contributed by atoms with Crippen LogP contribution in [-0.4, -0.2) is 169 Å². The molecule has 346 valence electrons. The number of piperazine rings is 1. The van der Waals surface area contributed by atoms with Crippen LogP contribution in [0.25, 0.3) is 11.1 Å². The molecule has 63 heavy (non-hydrogen) atoms. The van der Waals surface area contributed by atoms with Gasteiger partial charge in [-0.05, 0) is 85.9 Å². The molecule has 0 spiro atoms. The SMILES string of the molecule is O=C(CCCCc1cc(Cl)c(COC2(c3cnccc3-c3ccccc3OC3CC3)CC2)cc1Cl)N1CCN(C[C@H](O)[C@@H](O)[C@H](O[C@@H]2O[C@H](CO)[C@H](O)[C@H](O)[C@H]2O)[C@H](O)CO)CC1. The Bertz CT molecular complexity index is 1980. The number of carbonyl (C=O) groups excluding carboxylic acids is 1. The average Bonchev–Trinajstić information content (AvgIpc) is 4.25. The van der Waals surface area contributed by atoms with Gasteiger partial charge in [0.25, 0.3) is 0 Å². The predicted octanol–water partition coefficient (Wildman–Crippen LogP) is 1.92. The van der Waals surface area contributed by atoms with Crippen molar-refractivity contribution in [1.29, 1.82) is 0 Å². The van der Waals surface area contributed by atoms with Crippen LogP contribution in [0.5, 0.6) is 5.75 Å². The molecule has 4 aliphatic rings. The van der Waals surface area contributed by atoms with Crippen LogP contribution in [0.15, 0.2) is 54.9 Å². The maximum Gasteiger partial charge on any atom is 0.222 e. The second kappa shape index (κ2) is 21.5. The highest BCUT2D eigenvalue weighted by molar-refractivity contribution is 6.34. The highest BCUT2D eigenvalue weighted by Crippen LogP contribution is 2.53. The zero-order valence-electron chi connectivity index (χ0n) is 35.0. The topological polar surface area (TPSA) is 235 Å². The summed E-state index contributed by atoms with van der Waals surface area (Å²) in [5.41, 5.74) is 4.29. The van der Waals surface area contributed by atoms with E-state index < -0.39 is 73.9 Å². The average molecular weight is 921 g/mol. The Labute approximate surface area is 376 Å². The van der Waals surface area contributed by atoms with Crippen LogP contribution in [0.4, 0.5) is 0 Å². The van der Waals surface area contributed by atoms with Gasteiger partial charge in [0.1, 0.15) is 48.5 Å². The number of benzene rings is 2. The Morgan fingerprint density at radius 2 is 1.60 bits per heavy atom. The molecule has 4 fully saturated rings. The number of aliphatic hydroxyl groups is 8.